The zero-order chi connectivity index (χ0) is 22.3. The van der Waals surface area contributed by atoms with Gasteiger partial charge in [-0.3, -0.25) is 0 Å². The first-order valence-electron chi connectivity index (χ1n) is 11.1. The van der Waals surface area contributed by atoms with Crippen molar-refractivity contribution in [3.63, 3.8) is 0 Å². The number of hydrogen-bond donors (Lipinski definition) is 3. The number of carbonyl (C=O) groups is 2. The molecular formula is C24H33NO6. The Morgan fingerprint density at radius 3 is 2.06 bits per heavy atom. The number of fused-ring (bicyclic) bond motifs is 3. The molecule has 31 heavy (non-hydrogen) atoms. The van der Waals surface area contributed by atoms with Gasteiger partial charge in [0.15, 0.2) is 0 Å². The molecule has 3 aliphatic heterocycles. The first kappa shape index (κ1) is 23.4. The van der Waals surface area contributed by atoms with Crippen LogP contribution in [0.1, 0.15) is 44.1 Å². The lowest BCUT2D eigenvalue weighted by Gasteiger charge is -2.46. The third-order valence-electron chi connectivity index (χ3n) is 6.79. The van der Waals surface area contributed by atoms with Crippen LogP contribution in [0.2, 0.25) is 0 Å². The molecule has 7 nitrogen and oxygen atoms in total. The SMILES string of the molecule is O=C(O)/C=C\C(=O)O.O[C@@](COC1CN2CCC1CC2)(c1ccccc1)C1CCCC1. The smallest absolute Gasteiger partial charge is 0.328 e. The van der Waals surface area contributed by atoms with Crippen LogP contribution in [0.3, 0.4) is 0 Å². The van der Waals surface area contributed by atoms with Crippen LogP contribution in [-0.2, 0) is 19.9 Å². The van der Waals surface area contributed by atoms with Crippen molar-refractivity contribution in [1.82, 2.24) is 4.90 Å². The highest BCUT2D eigenvalue weighted by Gasteiger charge is 2.42. The van der Waals surface area contributed by atoms with E-state index in [0.717, 1.165) is 24.9 Å². The van der Waals surface area contributed by atoms with Gasteiger partial charge in [0.25, 0.3) is 0 Å². The predicted octanol–water partition coefficient (Wildman–Crippen LogP) is 2.89. The Kier molecular flexibility index (Phi) is 8.23. The van der Waals surface area contributed by atoms with Gasteiger partial charge < -0.3 is 25.0 Å². The maximum absolute atomic E-state index is 11.5. The second kappa shape index (κ2) is 10.9. The maximum Gasteiger partial charge on any atom is 0.328 e. The van der Waals surface area contributed by atoms with E-state index in [1.165, 1.54) is 38.8 Å². The molecule has 170 valence electrons. The first-order chi connectivity index (χ1) is 14.9. The molecule has 7 heteroatoms. The lowest BCUT2D eigenvalue weighted by Crippen LogP contribution is -2.53. The highest BCUT2D eigenvalue weighted by molar-refractivity contribution is 5.89. The maximum atomic E-state index is 11.5. The molecule has 5 rings (SSSR count). The Labute approximate surface area is 183 Å². The second-order valence-corrected chi connectivity index (χ2v) is 8.77. The summed E-state index contributed by atoms with van der Waals surface area (Å²) in [6.07, 6.45) is 8.66. The summed E-state index contributed by atoms with van der Waals surface area (Å²) in [4.78, 5) is 21.6. The highest BCUT2D eigenvalue weighted by Crippen LogP contribution is 2.41. The monoisotopic (exact) mass is 431 g/mol. The summed E-state index contributed by atoms with van der Waals surface area (Å²) >= 11 is 0. The van der Waals surface area contributed by atoms with Gasteiger partial charge in [0.05, 0.1) is 12.7 Å². The van der Waals surface area contributed by atoms with E-state index in [2.05, 4.69) is 17.0 Å². The van der Waals surface area contributed by atoms with Gasteiger partial charge in [0.2, 0.25) is 0 Å². The molecule has 2 atom stereocenters. The Morgan fingerprint density at radius 2 is 1.58 bits per heavy atom. The Hall–Kier alpha value is -2.22. The molecule has 4 fully saturated rings. The Balaban J connectivity index is 0.000000293. The van der Waals surface area contributed by atoms with Gasteiger partial charge >= 0.3 is 11.9 Å². The molecule has 3 heterocycles. The van der Waals surface area contributed by atoms with Crippen molar-refractivity contribution in [1.29, 1.82) is 0 Å². The average molecular weight is 432 g/mol. The molecule has 1 saturated carbocycles. The summed E-state index contributed by atoms with van der Waals surface area (Å²) in [5.41, 5.74) is 0.220. The lowest BCUT2D eigenvalue weighted by molar-refractivity contribution is -0.143. The van der Waals surface area contributed by atoms with Crippen molar-refractivity contribution in [3.8, 4) is 0 Å². The van der Waals surface area contributed by atoms with Crippen LogP contribution >= 0.6 is 0 Å². The number of nitrogens with zero attached hydrogens (tertiary/aromatic N) is 1. The summed E-state index contributed by atoms with van der Waals surface area (Å²) < 4.78 is 6.36. The Morgan fingerprint density at radius 1 is 1.00 bits per heavy atom. The standard InChI is InChI=1S/C20H29NO2.C4H4O4/c22-20(18-8-4-5-9-18,17-6-2-1-3-7-17)15-23-19-14-21-12-10-16(19)11-13-21;5-3(6)1-2-4(7)8/h1-3,6-7,16,18-19,22H,4-5,8-15H2;1-2H,(H,5,6)(H,7,8)/b;2-1-/t19?,20-;/m0./s1. The molecular weight excluding hydrogens is 398 g/mol. The van der Waals surface area contributed by atoms with Gasteiger partial charge in [-0.05, 0) is 56.2 Å². The fraction of sp³-hybridized carbons (Fsp3) is 0.583. The number of aliphatic carboxylic acids is 2. The van der Waals surface area contributed by atoms with E-state index in [0.29, 0.717) is 36.7 Å². The summed E-state index contributed by atoms with van der Waals surface area (Å²) in [6.45, 7) is 3.98. The zero-order valence-electron chi connectivity index (χ0n) is 17.9. The van der Waals surface area contributed by atoms with Crippen molar-refractivity contribution in [2.75, 3.05) is 26.2 Å². The minimum absolute atomic E-state index is 0.314. The first-order valence-corrected chi connectivity index (χ1v) is 11.1. The summed E-state index contributed by atoms with van der Waals surface area (Å²) in [5, 5.41) is 27.2. The molecule has 4 aliphatic rings. The van der Waals surface area contributed by atoms with E-state index in [1.54, 1.807) is 0 Å². The molecule has 3 N–H and O–H groups in total. The summed E-state index contributed by atoms with van der Waals surface area (Å²) in [7, 11) is 0. The van der Waals surface area contributed by atoms with E-state index in [1.807, 2.05) is 18.2 Å². The van der Waals surface area contributed by atoms with E-state index >= 15 is 0 Å². The van der Waals surface area contributed by atoms with Crippen LogP contribution in [0, 0.1) is 11.8 Å². The molecule has 2 bridgehead atoms. The fourth-order valence-corrected chi connectivity index (χ4v) is 5.04. The second-order valence-electron chi connectivity index (χ2n) is 8.77. The van der Waals surface area contributed by atoms with E-state index in [-0.39, 0.29) is 0 Å². The molecule has 0 spiro atoms. The average Bonchev–Trinajstić information content (AvgIpc) is 3.34. The van der Waals surface area contributed by atoms with Crippen LogP contribution in [0.5, 0.6) is 0 Å². The number of rotatable bonds is 7. The fourth-order valence-electron chi connectivity index (χ4n) is 5.04. The minimum Gasteiger partial charge on any atom is -0.478 e. The number of benzene rings is 1. The van der Waals surface area contributed by atoms with Gasteiger partial charge in [0.1, 0.15) is 5.60 Å². The van der Waals surface area contributed by atoms with Crippen LogP contribution < -0.4 is 0 Å². The normalized spacial score (nSPS) is 27.5. The van der Waals surface area contributed by atoms with Crippen LogP contribution in [0.25, 0.3) is 0 Å². The molecule has 3 saturated heterocycles. The third-order valence-corrected chi connectivity index (χ3v) is 6.79. The zero-order valence-corrected chi connectivity index (χ0v) is 17.9. The number of piperidine rings is 3. The molecule has 1 aromatic rings. The minimum atomic E-state index is -1.26. The highest BCUT2D eigenvalue weighted by atomic mass is 16.5. The Bertz CT molecular complexity index is 737. The molecule has 0 amide bonds. The lowest BCUT2D eigenvalue weighted by atomic mass is 9.80. The number of hydrogen-bond acceptors (Lipinski definition) is 5. The molecule has 1 aliphatic carbocycles. The number of carboxylic acid groups (broad SMARTS) is 2. The van der Waals surface area contributed by atoms with Crippen LogP contribution in [0.4, 0.5) is 0 Å². The van der Waals surface area contributed by atoms with E-state index in [4.69, 9.17) is 14.9 Å². The van der Waals surface area contributed by atoms with Crippen molar-refractivity contribution < 1.29 is 29.6 Å². The predicted molar refractivity (Wildman–Crippen MR) is 116 cm³/mol. The van der Waals surface area contributed by atoms with Gasteiger partial charge in [-0.2, -0.15) is 0 Å². The van der Waals surface area contributed by atoms with E-state index < -0.39 is 17.5 Å². The molecule has 1 unspecified atom stereocenters. The van der Waals surface area contributed by atoms with E-state index in [9.17, 15) is 14.7 Å². The third kappa shape index (κ3) is 6.38. The van der Waals surface area contributed by atoms with Crippen molar-refractivity contribution >= 4 is 11.9 Å². The number of aliphatic hydroxyl groups is 1. The van der Waals surface area contributed by atoms with Crippen LogP contribution in [0.15, 0.2) is 42.5 Å². The van der Waals surface area contributed by atoms with Gasteiger partial charge in [-0.1, -0.05) is 43.2 Å². The molecule has 0 radical (unpaired) electrons. The molecule has 0 aromatic heterocycles. The van der Waals surface area contributed by atoms with Crippen molar-refractivity contribution in [2.24, 2.45) is 11.8 Å². The van der Waals surface area contributed by atoms with Crippen molar-refractivity contribution in [3.05, 3.63) is 48.0 Å². The van der Waals surface area contributed by atoms with Gasteiger partial charge in [-0.15, -0.1) is 0 Å². The van der Waals surface area contributed by atoms with Gasteiger partial charge in [-0.25, -0.2) is 9.59 Å². The molecule has 1 aromatic carbocycles. The topological polar surface area (TPSA) is 107 Å². The van der Waals surface area contributed by atoms with Gasteiger partial charge in [0, 0.05) is 18.7 Å². The number of carboxylic acids is 2. The largest absolute Gasteiger partial charge is 0.478 e. The quantitative estimate of drug-likeness (QED) is 0.570. The summed E-state index contributed by atoms with van der Waals surface area (Å²) in [6, 6.07) is 10.2. The van der Waals surface area contributed by atoms with Crippen molar-refractivity contribution in [2.45, 2.75) is 50.2 Å². The number of ether oxygens (including phenoxy) is 1. The van der Waals surface area contributed by atoms with Crippen LogP contribution in [-0.4, -0.2) is 64.5 Å². The summed E-state index contributed by atoms with van der Waals surface area (Å²) in [5.74, 6) is -1.48.